The molecular weight excluding hydrogens is 236 g/mol. The van der Waals surface area contributed by atoms with Crippen molar-refractivity contribution >= 4 is 11.8 Å². The Kier molecular flexibility index (Phi) is 2.89. The Hall–Kier alpha value is -1.66. The third-order valence-corrected chi connectivity index (χ3v) is 3.21. The number of carboxylic acids is 1. The van der Waals surface area contributed by atoms with Gasteiger partial charge in [-0.15, -0.1) is 0 Å². The minimum atomic E-state index is -0.946. The summed E-state index contributed by atoms with van der Waals surface area (Å²) in [6, 6.07) is 1.68. The summed E-state index contributed by atoms with van der Waals surface area (Å²) in [5.74, 6) is -0.409. The van der Waals surface area contributed by atoms with E-state index in [1.807, 2.05) is 4.90 Å². The molecule has 2 aliphatic rings. The number of carboxylic acid groups (broad SMARTS) is 1. The molecule has 0 unspecified atom stereocenters. The molecule has 6 heteroatoms. The largest absolute Gasteiger partial charge is 0.478 e. The molecule has 1 aromatic rings. The smallest absolute Gasteiger partial charge is 0.339 e. The van der Waals surface area contributed by atoms with Crippen LogP contribution in [0.25, 0.3) is 0 Å². The number of carbonyl (C=O) groups is 1. The van der Waals surface area contributed by atoms with Crippen LogP contribution >= 0.6 is 0 Å². The standard InChI is InChI=1S/C12H14N2O4/c15-12(16)9-5-8-6-18-7-10(8)13-11(9)14-1-3-17-4-2-14/h5H,1-4,6-7H2,(H,15,16). The van der Waals surface area contributed by atoms with Crippen LogP contribution in [0, 0.1) is 0 Å². The Balaban J connectivity index is 2.02. The highest BCUT2D eigenvalue weighted by Crippen LogP contribution is 2.26. The van der Waals surface area contributed by atoms with Crippen LogP contribution in [0.5, 0.6) is 0 Å². The van der Waals surface area contributed by atoms with Gasteiger partial charge in [-0.05, 0) is 6.07 Å². The average molecular weight is 250 g/mol. The lowest BCUT2D eigenvalue weighted by Crippen LogP contribution is -2.38. The molecule has 1 aromatic heterocycles. The Bertz CT molecular complexity index is 483. The van der Waals surface area contributed by atoms with Crippen molar-refractivity contribution in [2.75, 3.05) is 31.2 Å². The van der Waals surface area contributed by atoms with Gasteiger partial charge in [-0.1, -0.05) is 0 Å². The minimum Gasteiger partial charge on any atom is -0.478 e. The van der Waals surface area contributed by atoms with Gasteiger partial charge in [-0.2, -0.15) is 0 Å². The molecule has 0 aliphatic carbocycles. The molecule has 0 aromatic carbocycles. The van der Waals surface area contributed by atoms with Crippen LogP contribution in [-0.2, 0) is 22.7 Å². The zero-order valence-corrected chi connectivity index (χ0v) is 9.89. The monoisotopic (exact) mass is 250 g/mol. The number of morpholine rings is 1. The molecule has 1 fully saturated rings. The lowest BCUT2D eigenvalue weighted by atomic mass is 10.1. The maximum Gasteiger partial charge on any atom is 0.339 e. The minimum absolute atomic E-state index is 0.251. The van der Waals surface area contributed by atoms with Gasteiger partial charge in [0, 0.05) is 18.7 Å². The van der Waals surface area contributed by atoms with Crippen molar-refractivity contribution in [2.24, 2.45) is 0 Å². The van der Waals surface area contributed by atoms with E-state index >= 15 is 0 Å². The fraction of sp³-hybridized carbons (Fsp3) is 0.500. The van der Waals surface area contributed by atoms with Crippen LogP contribution in [0.4, 0.5) is 5.82 Å². The third kappa shape index (κ3) is 1.93. The molecular formula is C12H14N2O4. The zero-order chi connectivity index (χ0) is 12.5. The molecule has 1 N–H and O–H groups in total. The molecule has 3 heterocycles. The summed E-state index contributed by atoms with van der Waals surface area (Å²) in [6.45, 7) is 3.47. The van der Waals surface area contributed by atoms with Gasteiger partial charge >= 0.3 is 5.97 Å². The SMILES string of the molecule is O=C(O)c1cc2c(nc1N1CCOCC1)COC2. The normalized spacial score (nSPS) is 18.8. The highest BCUT2D eigenvalue weighted by Gasteiger charge is 2.24. The number of ether oxygens (including phenoxy) is 2. The van der Waals surface area contributed by atoms with Crippen molar-refractivity contribution in [1.82, 2.24) is 4.98 Å². The number of nitrogens with zero attached hydrogens (tertiary/aromatic N) is 2. The highest BCUT2D eigenvalue weighted by molar-refractivity contribution is 5.93. The Morgan fingerprint density at radius 2 is 2.06 bits per heavy atom. The van der Waals surface area contributed by atoms with Gasteiger partial charge in [0.25, 0.3) is 0 Å². The summed E-state index contributed by atoms with van der Waals surface area (Å²) < 4.78 is 10.6. The van der Waals surface area contributed by atoms with Crippen molar-refractivity contribution in [3.63, 3.8) is 0 Å². The van der Waals surface area contributed by atoms with E-state index in [0.717, 1.165) is 11.3 Å². The fourth-order valence-corrected chi connectivity index (χ4v) is 2.26. The second-order valence-corrected chi connectivity index (χ2v) is 4.36. The van der Waals surface area contributed by atoms with Gasteiger partial charge in [0.2, 0.25) is 0 Å². The van der Waals surface area contributed by atoms with E-state index in [-0.39, 0.29) is 5.56 Å². The number of hydrogen-bond acceptors (Lipinski definition) is 5. The molecule has 0 radical (unpaired) electrons. The number of hydrogen-bond donors (Lipinski definition) is 1. The summed E-state index contributed by atoms with van der Waals surface area (Å²) in [5.41, 5.74) is 1.98. The van der Waals surface area contributed by atoms with Gasteiger partial charge < -0.3 is 19.5 Å². The van der Waals surface area contributed by atoms with Gasteiger partial charge in [-0.3, -0.25) is 0 Å². The van der Waals surface area contributed by atoms with Crippen LogP contribution in [0.1, 0.15) is 21.6 Å². The molecule has 3 rings (SSSR count). The Morgan fingerprint density at radius 3 is 2.78 bits per heavy atom. The average Bonchev–Trinajstić information content (AvgIpc) is 2.85. The predicted octanol–water partition coefficient (Wildman–Crippen LogP) is 0.647. The van der Waals surface area contributed by atoms with Crippen LogP contribution < -0.4 is 4.90 Å². The number of aromatic nitrogens is 1. The lowest BCUT2D eigenvalue weighted by Gasteiger charge is -2.29. The number of aromatic carboxylic acids is 1. The molecule has 0 spiro atoms. The number of pyridine rings is 1. The van der Waals surface area contributed by atoms with E-state index in [0.29, 0.717) is 45.3 Å². The van der Waals surface area contributed by atoms with Gasteiger partial charge in [0.15, 0.2) is 0 Å². The van der Waals surface area contributed by atoms with E-state index in [1.165, 1.54) is 0 Å². The molecule has 18 heavy (non-hydrogen) atoms. The van der Waals surface area contributed by atoms with Crippen molar-refractivity contribution in [2.45, 2.75) is 13.2 Å². The van der Waals surface area contributed by atoms with Gasteiger partial charge in [0.05, 0.1) is 32.1 Å². The van der Waals surface area contributed by atoms with E-state index in [1.54, 1.807) is 6.07 Å². The summed E-state index contributed by atoms with van der Waals surface area (Å²) in [6.07, 6.45) is 0. The molecule has 0 bridgehead atoms. The summed E-state index contributed by atoms with van der Waals surface area (Å²) in [5, 5.41) is 9.29. The van der Waals surface area contributed by atoms with Crippen LogP contribution in [0.3, 0.4) is 0 Å². The van der Waals surface area contributed by atoms with Crippen LogP contribution in [0.2, 0.25) is 0 Å². The van der Waals surface area contributed by atoms with E-state index in [9.17, 15) is 9.90 Å². The first-order valence-electron chi connectivity index (χ1n) is 5.92. The summed E-state index contributed by atoms with van der Waals surface area (Å²) in [4.78, 5) is 17.8. The number of fused-ring (bicyclic) bond motifs is 1. The van der Waals surface area contributed by atoms with Crippen molar-refractivity contribution < 1.29 is 19.4 Å². The first-order chi connectivity index (χ1) is 8.75. The second kappa shape index (κ2) is 4.55. The van der Waals surface area contributed by atoms with E-state index in [2.05, 4.69) is 4.98 Å². The second-order valence-electron chi connectivity index (χ2n) is 4.36. The lowest BCUT2D eigenvalue weighted by molar-refractivity contribution is 0.0695. The Morgan fingerprint density at radius 1 is 1.28 bits per heavy atom. The Labute approximate surface area is 104 Å². The fourth-order valence-electron chi connectivity index (χ4n) is 2.26. The highest BCUT2D eigenvalue weighted by atomic mass is 16.5. The maximum atomic E-state index is 11.3. The third-order valence-electron chi connectivity index (χ3n) is 3.21. The first kappa shape index (κ1) is 11.4. The number of anilines is 1. The maximum absolute atomic E-state index is 11.3. The topological polar surface area (TPSA) is 71.9 Å². The van der Waals surface area contributed by atoms with Gasteiger partial charge in [0.1, 0.15) is 11.4 Å². The van der Waals surface area contributed by atoms with Crippen LogP contribution in [0.15, 0.2) is 6.07 Å². The quantitative estimate of drug-likeness (QED) is 0.830. The molecule has 2 aliphatic heterocycles. The van der Waals surface area contributed by atoms with Crippen molar-refractivity contribution in [3.05, 3.63) is 22.9 Å². The molecule has 0 atom stereocenters. The molecule has 1 saturated heterocycles. The van der Waals surface area contributed by atoms with E-state index in [4.69, 9.17) is 9.47 Å². The first-order valence-corrected chi connectivity index (χ1v) is 5.92. The molecule has 0 amide bonds. The summed E-state index contributed by atoms with van der Waals surface area (Å²) in [7, 11) is 0. The van der Waals surface area contributed by atoms with E-state index < -0.39 is 5.97 Å². The molecule has 0 saturated carbocycles. The van der Waals surface area contributed by atoms with Crippen molar-refractivity contribution in [1.29, 1.82) is 0 Å². The summed E-state index contributed by atoms with van der Waals surface area (Å²) >= 11 is 0. The number of rotatable bonds is 2. The predicted molar refractivity (Wildman–Crippen MR) is 62.7 cm³/mol. The zero-order valence-electron chi connectivity index (χ0n) is 9.89. The molecule has 96 valence electrons. The van der Waals surface area contributed by atoms with Crippen LogP contribution in [-0.4, -0.2) is 42.4 Å². The molecule has 6 nitrogen and oxygen atoms in total. The van der Waals surface area contributed by atoms with Crippen molar-refractivity contribution in [3.8, 4) is 0 Å². The van der Waals surface area contributed by atoms with Gasteiger partial charge in [-0.25, -0.2) is 9.78 Å².